The Morgan fingerprint density at radius 2 is 1.75 bits per heavy atom. The summed E-state index contributed by atoms with van der Waals surface area (Å²) >= 11 is 7.40. The fraction of sp³-hybridized carbons (Fsp3) is 0.258. The van der Waals surface area contributed by atoms with Crippen LogP contribution in [0, 0.1) is 13.8 Å². The molecule has 1 atom stereocenters. The molecule has 0 radical (unpaired) electrons. The van der Waals surface area contributed by atoms with Crippen LogP contribution in [0.15, 0.2) is 75.7 Å². The molecule has 1 aliphatic heterocycles. The third-order valence-electron chi connectivity index (χ3n) is 6.87. The first kappa shape index (κ1) is 27.7. The SMILES string of the molecule is CCOC(=O)C1=C(C)N=c2s/c(=C\c3cc(C)n(-c4ccc(Cl)cc4)c3C)c(=O)n2[C@H]1c1ccc(OCC)cc1. The van der Waals surface area contributed by atoms with Crippen molar-refractivity contribution in [1.82, 2.24) is 9.13 Å². The number of benzene rings is 2. The second-order valence-corrected chi connectivity index (χ2v) is 10.9. The molecule has 9 heteroatoms. The molecule has 2 aromatic heterocycles. The number of ether oxygens (including phenoxy) is 2. The predicted octanol–water partition coefficient (Wildman–Crippen LogP) is 5.26. The molecule has 206 valence electrons. The minimum Gasteiger partial charge on any atom is -0.494 e. The Bertz CT molecular complexity index is 1790. The first-order chi connectivity index (χ1) is 19.2. The maximum Gasteiger partial charge on any atom is 0.338 e. The predicted molar refractivity (Wildman–Crippen MR) is 158 cm³/mol. The van der Waals surface area contributed by atoms with E-state index in [1.165, 1.54) is 11.3 Å². The van der Waals surface area contributed by atoms with Gasteiger partial charge in [-0.05, 0) is 94.3 Å². The Hall–Kier alpha value is -3.88. The molecule has 0 amide bonds. The van der Waals surface area contributed by atoms with Crippen LogP contribution in [-0.2, 0) is 9.53 Å². The standard InChI is InChI=1S/C31H30ClN3O4S/c1-6-38-25-14-8-21(9-15-25)28-27(30(37)39-7-2)19(4)33-31-35(28)29(36)26(40-31)17-22-16-18(3)34(20(22)5)24-12-10-23(32)11-13-24/h8-17,28H,6-7H2,1-5H3/b26-17-/t28-/m0/s1. The topological polar surface area (TPSA) is 74.8 Å². The first-order valence-electron chi connectivity index (χ1n) is 13.1. The number of hydrogen-bond donors (Lipinski definition) is 0. The molecule has 3 heterocycles. The highest BCUT2D eigenvalue weighted by Crippen LogP contribution is 2.32. The van der Waals surface area contributed by atoms with Gasteiger partial charge < -0.3 is 14.0 Å². The lowest BCUT2D eigenvalue weighted by Crippen LogP contribution is -2.39. The van der Waals surface area contributed by atoms with E-state index in [0.29, 0.717) is 38.0 Å². The van der Waals surface area contributed by atoms with Gasteiger partial charge in [-0.15, -0.1) is 0 Å². The molecule has 0 aliphatic carbocycles. The molecule has 7 nitrogen and oxygen atoms in total. The monoisotopic (exact) mass is 575 g/mol. The van der Waals surface area contributed by atoms with Crippen molar-refractivity contribution in [2.24, 2.45) is 4.99 Å². The average molecular weight is 576 g/mol. The van der Waals surface area contributed by atoms with Crippen molar-refractivity contribution in [3.63, 3.8) is 0 Å². The summed E-state index contributed by atoms with van der Waals surface area (Å²) in [6.45, 7) is 10.3. The molecule has 1 aliphatic rings. The number of esters is 1. The number of fused-ring (bicyclic) bond motifs is 1. The highest BCUT2D eigenvalue weighted by atomic mass is 35.5. The van der Waals surface area contributed by atoms with Crippen LogP contribution >= 0.6 is 22.9 Å². The van der Waals surface area contributed by atoms with Crippen LogP contribution < -0.4 is 19.6 Å². The highest BCUT2D eigenvalue weighted by molar-refractivity contribution is 7.07. The van der Waals surface area contributed by atoms with Crippen LogP contribution in [0.2, 0.25) is 5.02 Å². The van der Waals surface area contributed by atoms with Crippen molar-refractivity contribution in [3.8, 4) is 11.4 Å². The number of carbonyl (C=O) groups excluding carboxylic acids is 1. The number of aryl methyl sites for hydroxylation is 1. The van der Waals surface area contributed by atoms with Crippen molar-refractivity contribution in [2.45, 2.75) is 40.7 Å². The Balaban J connectivity index is 1.66. The van der Waals surface area contributed by atoms with Crippen LogP contribution in [0.5, 0.6) is 5.75 Å². The molecule has 2 aromatic carbocycles. The lowest BCUT2D eigenvalue weighted by Gasteiger charge is -2.24. The average Bonchev–Trinajstić information content (AvgIpc) is 3.38. The van der Waals surface area contributed by atoms with Crippen LogP contribution in [0.3, 0.4) is 0 Å². The Labute approximate surface area is 241 Å². The second kappa shape index (κ2) is 11.3. The molecule has 0 unspecified atom stereocenters. The van der Waals surface area contributed by atoms with Gasteiger partial charge in [0.15, 0.2) is 4.80 Å². The summed E-state index contributed by atoms with van der Waals surface area (Å²) in [7, 11) is 0. The molecular weight excluding hydrogens is 546 g/mol. The summed E-state index contributed by atoms with van der Waals surface area (Å²) in [6.07, 6.45) is 1.90. The van der Waals surface area contributed by atoms with Gasteiger partial charge in [-0.1, -0.05) is 35.1 Å². The minimum atomic E-state index is -0.672. The van der Waals surface area contributed by atoms with E-state index in [4.69, 9.17) is 21.1 Å². The van der Waals surface area contributed by atoms with E-state index in [2.05, 4.69) is 15.6 Å². The molecule has 40 heavy (non-hydrogen) atoms. The number of hydrogen-bond acceptors (Lipinski definition) is 6. The number of aromatic nitrogens is 2. The summed E-state index contributed by atoms with van der Waals surface area (Å²) in [5.41, 5.74) is 5.39. The van der Waals surface area contributed by atoms with Crippen LogP contribution in [-0.4, -0.2) is 28.3 Å². The largest absolute Gasteiger partial charge is 0.494 e. The number of carbonyl (C=O) groups is 1. The van der Waals surface area contributed by atoms with E-state index in [9.17, 15) is 9.59 Å². The third kappa shape index (κ3) is 5.05. The van der Waals surface area contributed by atoms with Crippen molar-refractivity contribution in [2.75, 3.05) is 13.2 Å². The van der Waals surface area contributed by atoms with Gasteiger partial charge in [0, 0.05) is 22.1 Å². The van der Waals surface area contributed by atoms with Gasteiger partial charge in [-0.25, -0.2) is 9.79 Å². The zero-order valence-electron chi connectivity index (χ0n) is 23.0. The van der Waals surface area contributed by atoms with Gasteiger partial charge in [0.1, 0.15) is 5.75 Å². The molecule has 0 saturated heterocycles. The van der Waals surface area contributed by atoms with Gasteiger partial charge >= 0.3 is 5.97 Å². The van der Waals surface area contributed by atoms with Gasteiger partial charge in [0.05, 0.1) is 35.1 Å². The van der Waals surface area contributed by atoms with E-state index in [1.807, 2.05) is 75.4 Å². The van der Waals surface area contributed by atoms with Crippen molar-refractivity contribution in [3.05, 3.63) is 113 Å². The molecule has 4 aromatic rings. The van der Waals surface area contributed by atoms with Crippen LogP contribution in [0.1, 0.15) is 49.3 Å². The molecule has 0 saturated carbocycles. The summed E-state index contributed by atoms with van der Waals surface area (Å²) < 4.78 is 15.3. The fourth-order valence-corrected chi connectivity index (χ4v) is 6.25. The third-order valence-corrected chi connectivity index (χ3v) is 8.10. The van der Waals surface area contributed by atoms with E-state index in [1.54, 1.807) is 18.4 Å². The maximum absolute atomic E-state index is 14.0. The summed E-state index contributed by atoms with van der Waals surface area (Å²) in [6, 6.07) is 16.5. The number of halogens is 1. The van der Waals surface area contributed by atoms with Gasteiger partial charge in [0.2, 0.25) is 0 Å². The Morgan fingerprint density at radius 1 is 1.05 bits per heavy atom. The number of nitrogens with zero attached hydrogens (tertiary/aromatic N) is 3. The van der Waals surface area contributed by atoms with E-state index in [0.717, 1.165) is 28.2 Å². The highest BCUT2D eigenvalue weighted by Gasteiger charge is 2.33. The lowest BCUT2D eigenvalue weighted by molar-refractivity contribution is -0.139. The quantitative estimate of drug-likeness (QED) is 0.282. The van der Waals surface area contributed by atoms with E-state index >= 15 is 0 Å². The molecule has 5 rings (SSSR count). The van der Waals surface area contributed by atoms with Gasteiger partial charge in [0.25, 0.3) is 5.56 Å². The molecule has 0 spiro atoms. The van der Waals surface area contributed by atoms with Crippen LogP contribution in [0.4, 0.5) is 0 Å². The first-order valence-corrected chi connectivity index (χ1v) is 14.3. The van der Waals surface area contributed by atoms with Crippen molar-refractivity contribution < 1.29 is 14.3 Å². The minimum absolute atomic E-state index is 0.215. The van der Waals surface area contributed by atoms with Crippen molar-refractivity contribution >= 4 is 35.0 Å². The summed E-state index contributed by atoms with van der Waals surface area (Å²) in [5, 5.41) is 0.673. The number of thiazole rings is 1. The molecule has 0 fully saturated rings. The fourth-order valence-electron chi connectivity index (χ4n) is 5.08. The Kier molecular flexibility index (Phi) is 7.83. The maximum atomic E-state index is 14.0. The lowest BCUT2D eigenvalue weighted by atomic mass is 9.96. The van der Waals surface area contributed by atoms with E-state index < -0.39 is 12.0 Å². The zero-order chi connectivity index (χ0) is 28.6. The second-order valence-electron chi connectivity index (χ2n) is 9.44. The normalized spacial score (nSPS) is 15.2. The molecular formula is C31H30ClN3O4S. The zero-order valence-corrected chi connectivity index (χ0v) is 24.6. The van der Waals surface area contributed by atoms with Crippen LogP contribution in [0.25, 0.3) is 11.8 Å². The smallest absolute Gasteiger partial charge is 0.338 e. The van der Waals surface area contributed by atoms with Crippen molar-refractivity contribution in [1.29, 1.82) is 0 Å². The van der Waals surface area contributed by atoms with Gasteiger partial charge in [-0.2, -0.15) is 0 Å². The summed E-state index contributed by atoms with van der Waals surface area (Å²) in [5.74, 6) is 0.233. The number of rotatable bonds is 7. The number of allylic oxidation sites excluding steroid dienone is 1. The van der Waals surface area contributed by atoms with Gasteiger partial charge in [-0.3, -0.25) is 9.36 Å². The summed E-state index contributed by atoms with van der Waals surface area (Å²) in [4.78, 5) is 32.3. The van der Waals surface area contributed by atoms with E-state index in [-0.39, 0.29) is 12.2 Å². The molecule has 0 bridgehead atoms. The Morgan fingerprint density at radius 3 is 2.40 bits per heavy atom. The molecule has 0 N–H and O–H groups in total.